The largest absolute Gasteiger partial charge is 0.477 e. The Labute approximate surface area is 183 Å². The van der Waals surface area contributed by atoms with Crippen LogP contribution in [0.3, 0.4) is 0 Å². The van der Waals surface area contributed by atoms with Gasteiger partial charge in [0.05, 0.1) is 9.82 Å². The lowest BCUT2D eigenvalue weighted by Gasteiger charge is -2.26. The second-order valence-corrected chi connectivity index (χ2v) is 9.64. The number of primary sulfonamides is 1. The first-order valence-electron chi connectivity index (χ1n) is 9.35. The summed E-state index contributed by atoms with van der Waals surface area (Å²) >= 11 is 1.94. The Bertz CT molecular complexity index is 1070. The molecule has 0 aromatic heterocycles. The summed E-state index contributed by atoms with van der Waals surface area (Å²) in [5, 5.41) is 18.9. The van der Waals surface area contributed by atoms with Crippen molar-refractivity contribution < 1.29 is 22.9 Å². The molecule has 1 aliphatic heterocycles. The fourth-order valence-corrected chi connectivity index (χ4v) is 4.56. The minimum atomic E-state index is -4.11. The molecule has 0 radical (unpaired) electrons. The molecule has 1 heterocycles. The van der Waals surface area contributed by atoms with Crippen LogP contribution < -0.4 is 15.2 Å². The van der Waals surface area contributed by atoms with Crippen LogP contribution >= 0.6 is 11.8 Å². The van der Waals surface area contributed by atoms with Gasteiger partial charge in [-0.15, -0.1) is 0 Å². The minimum Gasteiger partial charge on any atom is -0.477 e. The van der Waals surface area contributed by atoms with Gasteiger partial charge in [-0.05, 0) is 29.8 Å². The van der Waals surface area contributed by atoms with E-state index in [2.05, 4.69) is 10.2 Å². The Morgan fingerprint density at radius 3 is 2.65 bits per heavy atom. The second kappa shape index (κ2) is 10.1. The molecule has 3 N–H and O–H groups in total. The molecule has 1 amide bonds. The summed E-state index contributed by atoms with van der Waals surface area (Å²) < 4.78 is 28.0. The molecule has 10 nitrogen and oxygen atoms in total. The fourth-order valence-electron chi connectivity index (χ4n) is 3.04. The van der Waals surface area contributed by atoms with E-state index in [-0.39, 0.29) is 5.75 Å². The lowest BCUT2D eigenvalue weighted by atomic mass is 10.2. The zero-order valence-corrected chi connectivity index (χ0v) is 18.2. The SMILES string of the molecule is NS(=O)(=O)c1ccc(OCC(=O)Nc2cccc(CN3CCSCC3)c2)c([N+](=O)[O-])c1. The highest BCUT2D eigenvalue weighted by Gasteiger charge is 2.21. The molecular weight excluding hydrogens is 444 g/mol. The number of nitro benzene ring substituents is 1. The second-order valence-electron chi connectivity index (χ2n) is 6.86. The molecule has 0 spiro atoms. The molecule has 2 aromatic carbocycles. The highest BCUT2D eigenvalue weighted by molar-refractivity contribution is 7.99. The molecular formula is C19H22N4O6S2. The van der Waals surface area contributed by atoms with Crippen LogP contribution in [0.15, 0.2) is 47.4 Å². The fraction of sp³-hybridized carbons (Fsp3) is 0.316. The monoisotopic (exact) mass is 466 g/mol. The van der Waals surface area contributed by atoms with Crippen molar-refractivity contribution in [3.8, 4) is 5.75 Å². The Morgan fingerprint density at radius 1 is 1.23 bits per heavy atom. The van der Waals surface area contributed by atoms with Crippen molar-refractivity contribution in [2.75, 3.05) is 36.5 Å². The first kappa shape index (κ1) is 23.0. The van der Waals surface area contributed by atoms with Crippen LogP contribution in [0.4, 0.5) is 11.4 Å². The number of hydrogen-bond donors (Lipinski definition) is 2. The molecule has 0 aliphatic carbocycles. The van der Waals surface area contributed by atoms with Gasteiger partial charge in [0, 0.05) is 42.9 Å². The summed E-state index contributed by atoms with van der Waals surface area (Å²) in [5.74, 6) is 1.48. The molecule has 31 heavy (non-hydrogen) atoms. The number of rotatable bonds is 8. The topological polar surface area (TPSA) is 145 Å². The standard InChI is InChI=1S/C19H22N4O6S2/c20-31(27,28)16-4-5-18(17(11-16)23(25)26)29-13-19(24)21-15-3-1-2-14(10-15)12-22-6-8-30-9-7-22/h1-5,10-11H,6-9,12-13H2,(H,21,24)(H2,20,27,28). The van der Waals surface area contributed by atoms with E-state index < -0.39 is 38.0 Å². The molecule has 1 fully saturated rings. The smallest absolute Gasteiger partial charge is 0.312 e. The average molecular weight is 467 g/mol. The number of carbonyl (C=O) groups is 1. The maximum atomic E-state index is 12.3. The average Bonchev–Trinajstić information content (AvgIpc) is 2.72. The van der Waals surface area contributed by atoms with Crippen LogP contribution in [0, 0.1) is 10.1 Å². The Hall–Kier alpha value is -2.67. The third-order valence-corrected chi connectivity index (χ3v) is 6.39. The molecule has 12 heteroatoms. The van der Waals surface area contributed by atoms with Crippen LogP contribution in [-0.4, -0.2) is 55.4 Å². The van der Waals surface area contributed by atoms with Crippen molar-refractivity contribution in [3.63, 3.8) is 0 Å². The first-order chi connectivity index (χ1) is 14.7. The minimum absolute atomic E-state index is 0.232. The van der Waals surface area contributed by atoms with E-state index in [4.69, 9.17) is 9.88 Å². The maximum Gasteiger partial charge on any atom is 0.312 e. The van der Waals surface area contributed by atoms with E-state index in [0.717, 1.165) is 54.9 Å². The molecule has 1 saturated heterocycles. The van der Waals surface area contributed by atoms with E-state index in [0.29, 0.717) is 5.69 Å². The summed E-state index contributed by atoms with van der Waals surface area (Å²) in [7, 11) is -4.11. The first-order valence-corrected chi connectivity index (χ1v) is 12.1. The van der Waals surface area contributed by atoms with Crippen molar-refractivity contribution in [2.45, 2.75) is 11.4 Å². The molecule has 0 bridgehead atoms. The van der Waals surface area contributed by atoms with Crippen LogP contribution in [-0.2, 0) is 21.4 Å². The van der Waals surface area contributed by atoms with Crippen LogP contribution in [0.1, 0.15) is 5.56 Å². The van der Waals surface area contributed by atoms with Gasteiger partial charge in [0.2, 0.25) is 10.0 Å². The molecule has 3 rings (SSSR count). The number of carbonyl (C=O) groups excluding carboxylic acids is 1. The summed E-state index contributed by atoms with van der Waals surface area (Å²) in [6, 6.07) is 10.4. The molecule has 1 aliphatic rings. The number of nitro groups is 1. The molecule has 0 saturated carbocycles. The van der Waals surface area contributed by atoms with Crippen LogP contribution in [0.2, 0.25) is 0 Å². The quantitative estimate of drug-likeness (QED) is 0.443. The highest BCUT2D eigenvalue weighted by atomic mass is 32.2. The van der Waals surface area contributed by atoms with E-state index in [1.54, 1.807) is 6.07 Å². The van der Waals surface area contributed by atoms with Gasteiger partial charge in [0.1, 0.15) is 0 Å². The Kier molecular flexibility index (Phi) is 7.49. The van der Waals surface area contributed by atoms with Gasteiger partial charge in [0.15, 0.2) is 12.4 Å². The zero-order chi connectivity index (χ0) is 22.4. The van der Waals surface area contributed by atoms with Gasteiger partial charge < -0.3 is 10.1 Å². The summed E-state index contributed by atoms with van der Waals surface area (Å²) in [5.41, 5.74) is 1.07. The number of amides is 1. The molecule has 166 valence electrons. The Balaban J connectivity index is 1.61. The molecule has 2 aromatic rings. The van der Waals surface area contributed by atoms with Crippen molar-refractivity contribution in [3.05, 3.63) is 58.1 Å². The van der Waals surface area contributed by atoms with Crippen LogP contribution in [0.25, 0.3) is 0 Å². The third-order valence-electron chi connectivity index (χ3n) is 4.54. The normalized spacial score (nSPS) is 14.7. The lowest BCUT2D eigenvalue weighted by Crippen LogP contribution is -2.32. The van der Waals surface area contributed by atoms with E-state index in [9.17, 15) is 23.3 Å². The van der Waals surface area contributed by atoms with E-state index >= 15 is 0 Å². The number of nitrogens with one attached hydrogen (secondary N) is 1. The van der Waals surface area contributed by atoms with Gasteiger partial charge in [-0.1, -0.05) is 12.1 Å². The van der Waals surface area contributed by atoms with Crippen molar-refractivity contribution in [2.24, 2.45) is 5.14 Å². The van der Waals surface area contributed by atoms with Crippen molar-refractivity contribution in [1.82, 2.24) is 4.90 Å². The predicted molar refractivity (Wildman–Crippen MR) is 118 cm³/mol. The summed E-state index contributed by atoms with van der Waals surface area (Å²) in [6.07, 6.45) is 0. The number of benzene rings is 2. The van der Waals surface area contributed by atoms with Crippen molar-refractivity contribution in [1.29, 1.82) is 0 Å². The number of anilines is 1. The number of nitrogens with two attached hydrogens (primary N) is 1. The third kappa shape index (κ3) is 6.66. The van der Waals surface area contributed by atoms with E-state index in [1.807, 2.05) is 30.0 Å². The number of thioether (sulfide) groups is 1. The van der Waals surface area contributed by atoms with Gasteiger partial charge in [-0.3, -0.25) is 19.8 Å². The van der Waals surface area contributed by atoms with Gasteiger partial charge in [-0.25, -0.2) is 13.6 Å². The predicted octanol–water partition coefficient (Wildman–Crippen LogP) is 1.81. The number of nitrogens with zero attached hydrogens (tertiary/aromatic N) is 2. The number of hydrogen-bond acceptors (Lipinski definition) is 8. The summed E-state index contributed by atoms with van der Waals surface area (Å²) in [4.78, 5) is 24.6. The summed E-state index contributed by atoms with van der Waals surface area (Å²) in [6.45, 7) is 2.36. The van der Waals surface area contributed by atoms with Crippen LogP contribution in [0.5, 0.6) is 5.75 Å². The Morgan fingerprint density at radius 2 is 1.97 bits per heavy atom. The van der Waals surface area contributed by atoms with Gasteiger partial charge >= 0.3 is 5.69 Å². The lowest BCUT2D eigenvalue weighted by molar-refractivity contribution is -0.386. The van der Waals surface area contributed by atoms with Gasteiger partial charge in [-0.2, -0.15) is 11.8 Å². The van der Waals surface area contributed by atoms with Gasteiger partial charge in [0.25, 0.3) is 5.91 Å². The zero-order valence-electron chi connectivity index (χ0n) is 16.5. The maximum absolute atomic E-state index is 12.3. The van der Waals surface area contributed by atoms with Crippen molar-refractivity contribution >= 4 is 39.1 Å². The number of sulfonamides is 1. The molecule has 0 unspecified atom stereocenters. The number of ether oxygens (including phenoxy) is 1. The highest BCUT2D eigenvalue weighted by Crippen LogP contribution is 2.29. The molecule has 0 atom stereocenters. The van der Waals surface area contributed by atoms with E-state index in [1.165, 1.54) is 0 Å².